The number of aliphatic hydroxyl groups is 1. The van der Waals surface area contributed by atoms with Gasteiger partial charge in [-0.25, -0.2) is 0 Å². The van der Waals surface area contributed by atoms with Gasteiger partial charge in [0.1, 0.15) is 11.7 Å². The molecule has 0 bridgehead atoms. The molecular formula is C26H36O3. The predicted molar refractivity (Wildman–Crippen MR) is 115 cm³/mol. The number of esters is 1. The maximum Gasteiger partial charge on any atom is 0.306 e. The zero-order valence-electron chi connectivity index (χ0n) is 18.2. The zero-order valence-corrected chi connectivity index (χ0v) is 18.2. The van der Waals surface area contributed by atoms with Crippen LogP contribution in [0.2, 0.25) is 0 Å². The Hall–Kier alpha value is -1.53. The fourth-order valence-corrected chi connectivity index (χ4v) is 7.55. The minimum absolute atomic E-state index is 0.0758. The molecule has 3 nitrogen and oxygen atoms in total. The molecule has 0 aromatic carbocycles. The van der Waals surface area contributed by atoms with Crippen LogP contribution in [0.5, 0.6) is 0 Å². The lowest BCUT2D eigenvalue weighted by molar-refractivity contribution is -0.147. The average molecular weight is 397 g/mol. The molecule has 0 amide bonds. The Labute approximate surface area is 176 Å². The molecule has 4 aliphatic carbocycles. The van der Waals surface area contributed by atoms with Crippen molar-refractivity contribution in [3.8, 4) is 12.3 Å². The highest BCUT2D eigenvalue weighted by Gasteiger charge is 2.64. The van der Waals surface area contributed by atoms with Crippen molar-refractivity contribution >= 4 is 5.97 Å². The molecule has 0 aromatic rings. The topological polar surface area (TPSA) is 46.5 Å². The average Bonchev–Trinajstić information content (AvgIpc) is 3.01. The van der Waals surface area contributed by atoms with Crippen LogP contribution in [0.3, 0.4) is 0 Å². The zero-order chi connectivity index (χ0) is 20.8. The largest absolute Gasteiger partial charge is 0.458 e. The summed E-state index contributed by atoms with van der Waals surface area (Å²) in [6.07, 6.45) is 19.7. The molecule has 0 spiro atoms. The van der Waals surface area contributed by atoms with E-state index >= 15 is 0 Å². The minimum Gasteiger partial charge on any atom is -0.458 e. The van der Waals surface area contributed by atoms with E-state index in [0.29, 0.717) is 36.0 Å². The van der Waals surface area contributed by atoms with E-state index < -0.39 is 5.60 Å². The fraction of sp³-hybridized carbons (Fsp3) is 0.731. The number of carbonyl (C=O) groups excluding carboxylic acids is 1. The van der Waals surface area contributed by atoms with Crippen molar-refractivity contribution < 1.29 is 14.6 Å². The van der Waals surface area contributed by atoms with Crippen LogP contribution in [-0.2, 0) is 9.53 Å². The van der Waals surface area contributed by atoms with Crippen molar-refractivity contribution in [1.82, 2.24) is 0 Å². The third-order valence-electron chi connectivity index (χ3n) is 8.75. The number of rotatable bonds is 4. The summed E-state index contributed by atoms with van der Waals surface area (Å²) in [6, 6.07) is 0. The molecule has 1 N–H and O–H groups in total. The molecule has 0 radical (unpaired) electrons. The first-order valence-corrected chi connectivity index (χ1v) is 11.7. The number of ether oxygens (including phenoxy) is 1. The van der Waals surface area contributed by atoms with Gasteiger partial charge in [0.05, 0.1) is 0 Å². The van der Waals surface area contributed by atoms with E-state index in [-0.39, 0.29) is 17.5 Å². The molecule has 0 aliphatic heterocycles. The second kappa shape index (κ2) is 7.62. The molecular weight excluding hydrogens is 360 g/mol. The summed E-state index contributed by atoms with van der Waals surface area (Å²) in [5.74, 6) is 5.34. The molecule has 4 aliphatic rings. The lowest BCUT2D eigenvalue weighted by atomic mass is 9.48. The van der Waals surface area contributed by atoms with E-state index in [2.05, 4.69) is 38.0 Å². The summed E-state index contributed by atoms with van der Waals surface area (Å²) in [5.41, 5.74) is 0.245. The molecule has 4 rings (SSSR count). The third kappa shape index (κ3) is 3.10. The van der Waals surface area contributed by atoms with Crippen LogP contribution >= 0.6 is 0 Å². The lowest BCUT2D eigenvalue weighted by Gasteiger charge is -2.57. The number of hydrogen-bond acceptors (Lipinski definition) is 3. The Bertz CT molecular complexity index is 758. The van der Waals surface area contributed by atoms with Crippen LogP contribution in [0, 0.1) is 47.3 Å². The standard InChI is InChI=1S/C26H36O3/c1-5-8-23(27)29-19-10-12-20-18(15-19)9-11-21-22-13-14-26(28,7-3)25(22,6-2)16-17(4)24(20)21/h3,9,11,15,17,19-22,24,28H,5-6,8,10,12-14,16H2,1-2,4H3/t17?,19?,20?,21?,22?,24?,25?,26-/m0/s1. The van der Waals surface area contributed by atoms with Gasteiger partial charge in [-0.15, -0.1) is 6.42 Å². The van der Waals surface area contributed by atoms with Crippen LogP contribution in [0.15, 0.2) is 23.8 Å². The summed E-state index contributed by atoms with van der Waals surface area (Å²) >= 11 is 0. The Kier molecular flexibility index (Phi) is 5.45. The van der Waals surface area contributed by atoms with Crippen LogP contribution in [0.4, 0.5) is 0 Å². The number of terminal acetylenes is 1. The first-order chi connectivity index (χ1) is 13.9. The van der Waals surface area contributed by atoms with Crippen molar-refractivity contribution in [2.75, 3.05) is 0 Å². The highest BCUT2D eigenvalue weighted by atomic mass is 16.5. The van der Waals surface area contributed by atoms with Gasteiger partial charge in [-0.05, 0) is 86.2 Å². The highest BCUT2D eigenvalue weighted by molar-refractivity contribution is 5.69. The van der Waals surface area contributed by atoms with Crippen molar-refractivity contribution in [1.29, 1.82) is 0 Å². The fourth-order valence-electron chi connectivity index (χ4n) is 7.55. The van der Waals surface area contributed by atoms with Crippen LogP contribution in [0.1, 0.15) is 72.1 Å². The van der Waals surface area contributed by atoms with Crippen molar-refractivity contribution in [3.63, 3.8) is 0 Å². The molecule has 0 aromatic heterocycles. The Morgan fingerprint density at radius 1 is 1.34 bits per heavy atom. The van der Waals surface area contributed by atoms with E-state index in [1.54, 1.807) is 0 Å². The number of fused-ring (bicyclic) bond motifs is 5. The van der Waals surface area contributed by atoms with Gasteiger partial charge in [0.15, 0.2) is 0 Å². The van der Waals surface area contributed by atoms with Gasteiger partial charge < -0.3 is 9.84 Å². The molecule has 0 saturated heterocycles. The van der Waals surface area contributed by atoms with Crippen LogP contribution in [0.25, 0.3) is 0 Å². The monoisotopic (exact) mass is 396 g/mol. The molecule has 8 atom stereocenters. The first kappa shape index (κ1) is 20.7. The maximum absolute atomic E-state index is 11.9. The number of allylic oxidation sites excluding steroid dienone is 3. The summed E-state index contributed by atoms with van der Waals surface area (Å²) < 4.78 is 5.68. The van der Waals surface area contributed by atoms with Gasteiger partial charge in [0.25, 0.3) is 0 Å². The van der Waals surface area contributed by atoms with Crippen molar-refractivity contribution in [2.45, 2.75) is 83.8 Å². The van der Waals surface area contributed by atoms with E-state index in [9.17, 15) is 9.90 Å². The minimum atomic E-state index is -0.958. The molecule has 3 heteroatoms. The normalized spacial score (nSPS) is 45.4. The predicted octanol–water partition coefficient (Wildman–Crippen LogP) is 5.05. The van der Waals surface area contributed by atoms with Crippen molar-refractivity contribution in [3.05, 3.63) is 23.8 Å². The number of hydrogen-bond donors (Lipinski definition) is 1. The molecule has 0 heterocycles. The van der Waals surface area contributed by atoms with Gasteiger partial charge in [0, 0.05) is 11.8 Å². The second-order valence-corrected chi connectivity index (χ2v) is 9.98. The van der Waals surface area contributed by atoms with E-state index in [0.717, 1.165) is 44.9 Å². The summed E-state index contributed by atoms with van der Waals surface area (Å²) in [7, 11) is 0. The van der Waals surface area contributed by atoms with E-state index in [4.69, 9.17) is 11.2 Å². The Morgan fingerprint density at radius 2 is 2.14 bits per heavy atom. The summed E-state index contributed by atoms with van der Waals surface area (Å²) in [5, 5.41) is 11.3. The summed E-state index contributed by atoms with van der Waals surface area (Å²) in [6.45, 7) is 6.58. The van der Waals surface area contributed by atoms with Crippen LogP contribution < -0.4 is 0 Å². The van der Waals surface area contributed by atoms with E-state index in [1.807, 2.05) is 6.92 Å². The van der Waals surface area contributed by atoms with Gasteiger partial charge in [0.2, 0.25) is 0 Å². The van der Waals surface area contributed by atoms with Crippen molar-refractivity contribution in [2.24, 2.45) is 35.0 Å². The van der Waals surface area contributed by atoms with Gasteiger partial charge in [-0.1, -0.05) is 38.8 Å². The highest BCUT2D eigenvalue weighted by Crippen LogP contribution is 2.66. The van der Waals surface area contributed by atoms with Gasteiger partial charge >= 0.3 is 5.97 Å². The second-order valence-electron chi connectivity index (χ2n) is 9.98. The number of carbonyl (C=O) groups is 1. The third-order valence-corrected chi connectivity index (χ3v) is 8.75. The Balaban J connectivity index is 1.62. The molecule has 2 saturated carbocycles. The molecule has 158 valence electrons. The van der Waals surface area contributed by atoms with Gasteiger partial charge in [-0.2, -0.15) is 0 Å². The molecule has 2 fully saturated rings. The van der Waals surface area contributed by atoms with Gasteiger partial charge in [-0.3, -0.25) is 4.79 Å². The Morgan fingerprint density at radius 3 is 2.83 bits per heavy atom. The lowest BCUT2D eigenvalue weighted by Crippen LogP contribution is -2.55. The quantitative estimate of drug-likeness (QED) is 0.534. The first-order valence-electron chi connectivity index (χ1n) is 11.7. The SMILES string of the molecule is C#C[C@]1(O)CCC2C3C=CC4=CC(OC(=O)CCC)CCC4C3C(C)CC21CC. The maximum atomic E-state index is 11.9. The smallest absolute Gasteiger partial charge is 0.306 e. The van der Waals surface area contributed by atoms with E-state index in [1.165, 1.54) is 5.57 Å². The van der Waals surface area contributed by atoms with Crippen LogP contribution in [-0.4, -0.2) is 22.8 Å². The molecule has 29 heavy (non-hydrogen) atoms. The molecule has 7 unspecified atom stereocenters. The summed E-state index contributed by atoms with van der Waals surface area (Å²) in [4.78, 5) is 11.9.